The van der Waals surface area contributed by atoms with E-state index < -0.39 is 41.2 Å². The number of amides is 3. The van der Waals surface area contributed by atoms with Gasteiger partial charge in [-0.15, -0.1) is 0 Å². The van der Waals surface area contributed by atoms with E-state index in [1.807, 2.05) is 0 Å². The minimum atomic E-state index is -4.65. The summed E-state index contributed by atoms with van der Waals surface area (Å²) in [6.45, 7) is -0.664. The summed E-state index contributed by atoms with van der Waals surface area (Å²) in [7, 11) is 1.22. The largest absolute Gasteiger partial charge is 0.495 e. The number of rotatable bonds is 8. The minimum absolute atomic E-state index is 0.0197. The Morgan fingerprint density at radius 3 is 2.51 bits per heavy atom. The third-order valence-electron chi connectivity index (χ3n) is 5.47. The van der Waals surface area contributed by atoms with Gasteiger partial charge in [-0.05, 0) is 59.8 Å². The zero-order valence-electron chi connectivity index (χ0n) is 20.3. The number of ether oxygens (including phenoxy) is 2. The molecule has 0 aromatic heterocycles. The Morgan fingerprint density at radius 1 is 1.03 bits per heavy atom. The van der Waals surface area contributed by atoms with Gasteiger partial charge in [-0.25, -0.2) is 4.39 Å². The lowest BCUT2D eigenvalue weighted by molar-refractivity contribution is -0.137. The molecule has 7 nitrogen and oxygen atoms in total. The van der Waals surface area contributed by atoms with Crippen LogP contribution in [-0.4, -0.2) is 35.6 Å². The molecule has 0 radical (unpaired) electrons. The number of benzene rings is 3. The molecule has 3 aromatic carbocycles. The van der Waals surface area contributed by atoms with Gasteiger partial charge in [-0.1, -0.05) is 30.3 Å². The molecule has 39 heavy (non-hydrogen) atoms. The SMILES string of the molecule is COc1ccc(C(F)(F)F)cc1NC(=O)CN1C(=O)S/C(=C\c2ccccc2OCc2cccc(F)c2)C1=O. The Morgan fingerprint density at radius 2 is 1.79 bits per heavy atom. The first-order valence-corrected chi connectivity index (χ1v) is 12.1. The van der Waals surface area contributed by atoms with Crippen LogP contribution < -0.4 is 14.8 Å². The van der Waals surface area contributed by atoms with Crippen molar-refractivity contribution in [3.05, 3.63) is 94.1 Å². The highest BCUT2D eigenvalue weighted by molar-refractivity contribution is 8.18. The van der Waals surface area contributed by atoms with Crippen LogP contribution in [0.5, 0.6) is 11.5 Å². The van der Waals surface area contributed by atoms with E-state index in [1.165, 1.54) is 25.3 Å². The van der Waals surface area contributed by atoms with Crippen molar-refractivity contribution < 1.29 is 41.4 Å². The lowest BCUT2D eigenvalue weighted by Crippen LogP contribution is -2.36. The highest BCUT2D eigenvalue weighted by Crippen LogP contribution is 2.36. The standard InChI is InChI=1S/C27H20F4N2O5S/c1-37-22-10-9-18(27(29,30)31)13-20(22)32-24(34)14-33-25(35)23(39-26(33)36)12-17-6-2-3-8-21(17)38-15-16-5-4-7-19(28)11-16/h2-13H,14-15H2,1H3,(H,32,34)/b23-12-. The van der Waals surface area contributed by atoms with Crippen LogP contribution in [0, 0.1) is 5.82 Å². The highest BCUT2D eigenvalue weighted by Gasteiger charge is 2.37. The molecule has 1 N–H and O–H groups in total. The fraction of sp³-hybridized carbons (Fsp3) is 0.148. The first-order valence-electron chi connectivity index (χ1n) is 11.3. The average Bonchev–Trinajstić information content (AvgIpc) is 3.15. The zero-order valence-corrected chi connectivity index (χ0v) is 21.1. The molecule has 1 aliphatic heterocycles. The Bertz CT molecular complexity index is 1460. The summed E-state index contributed by atoms with van der Waals surface area (Å²) in [6, 6.07) is 15.1. The number of alkyl halides is 3. The van der Waals surface area contributed by atoms with Gasteiger partial charge in [0.25, 0.3) is 11.1 Å². The summed E-state index contributed by atoms with van der Waals surface area (Å²) < 4.78 is 63.5. The maximum atomic E-state index is 13.5. The fourth-order valence-electron chi connectivity index (χ4n) is 3.61. The molecule has 0 aliphatic carbocycles. The Balaban J connectivity index is 1.47. The van der Waals surface area contributed by atoms with Gasteiger partial charge in [0.1, 0.15) is 30.5 Å². The number of hydrogen-bond donors (Lipinski definition) is 1. The summed E-state index contributed by atoms with van der Waals surface area (Å²) in [4.78, 5) is 38.7. The number of para-hydroxylation sites is 1. The fourth-order valence-corrected chi connectivity index (χ4v) is 4.44. The first-order chi connectivity index (χ1) is 18.5. The summed E-state index contributed by atoms with van der Waals surface area (Å²) in [6.07, 6.45) is -3.22. The summed E-state index contributed by atoms with van der Waals surface area (Å²) in [5.74, 6) is -1.71. The number of thioether (sulfide) groups is 1. The lowest BCUT2D eigenvalue weighted by atomic mass is 10.1. The predicted molar refractivity (Wildman–Crippen MR) is 136 cm³/mol. The molecular weight excluding hydrogens is 540 g/mol. The van der Waals surface area contributed by atoms with Crippen LogP contribution >= 0.6 is 11.8 Å². The number of halogens is 4. The van der Waals surface area contributed by atoms with Gasteiger partial charge in [0.05, 0.1) is 23.3 Å². The second-order valence-electron chi connectivity index (χ2n) is 8.19. The van der Waals surface area contributed by atoms with Gasteiger partial charge in [0, 0.05) is 5.56 Å². The molecule has 1 heterocycles. The molecule has 3 amide bonds. The highest BCUT2D eigenvalue weighted by atomic mass is 32.2. The van der Waals surface area contributed by atoms with Crippen molar-refractivity contribution in [2.75, 3.05) is 19.0 Å². The topological polar surface area (TPSA) is 84.9 Å². The van der Waals surface area contributed by atoms with E-state index in [-0.39, 0.29) is 22.9 Å². The number of carbonyl (C=O) groups excluding carboxylic acids is 3. The van der Waals surface area contributed by atoms with Crippen LogP contribution in [0.25, 0.3) is 6.08 Å². The van der Waals surface area contributed by atoms with Crippen LogP contribution in [0.1, 0.15) is 16.7 Å². The first kappa shape index (κ1) is 27.7. The van der Waals surface area contributed by atoms with E-state index in [4.69, 9.17) is 9.47 Å². The molecule has 0 atom stereocenters. The van der Waals surface area contributed by atoms with E-state index in [1.54, 1.807) is 36.4 Å². The smallest absolute Gasteiger partial charge is 0.416 e. The van der Waals surface area contributed by atoms with Crippen molar-refractivity contribution in [3.63, 3.8) is 0 Å². The van der Waals surface area contributed by atoms with E-state index in [0.29, 0.717) is 39.6 Å². The molecule has 0 unspecified atom stereocenters. The molecule has 1 fully saturated rings. The summed E-state index contributed by atoms with van der Waals surface area (Å²) in [5, 5.41) is 1.54. The predicted octanol–water partition coefficient (Wildman–Crippen LogP) is 6.11. The third-order valence-corrected chi connectivity index (χ3v) is 6.37. The Labute approximate surface area is 224 Å². The van der Waals surface area contributed by atoms with Gasteiger partial charge in [0.15, 0.2) is 0 Å². The van der Waals surface area contributed by atoms with Crippen LogP contribution in [0.15, 0.2) is 71.6 Å². The van der Waals surface area contributed by atoms with Gasteiger partial charge in [0.2, 0.25) is 5.91 Å². The van der Waals surface area contributed by atoms with Crippen LogP contribution in [0.4, 0.5) is 28.0 Å². The van der Waals surface area contributed by atoms with Gasteiger partial charge >= 0.3 is 6.18 Å². The molecule has 1 saturated heterocycles. The molecule has 0 bridgehead atoms. The van der Waals surface area contributed by atoms with Crippen LogP contribution in [0.3, 0.4) is 0 Å². The van der Waals surface area contributed by atoms with Crippen molar-refractivity contribution >= 4 is 40.6 Å². The third kappa shape index (κ3) is 6.77. The molecule has 4 rings (SSSR count). The van der Waals surface area contributed by atoms with E-state index in [2.05, 4.69) is 5.32 Å². The summed E-state index contributed by atoms with van der Waals surface area (Å²) in [5.41, 5.74) is -0.207. The van der Waals surface area contributed by atoms with Crippen molar-refractivity contribution in [1.29, 1.82) is 0 Å². The molecule has 12 heteroatoms. The molecule has 0 saturated carbocycles. The van der Waals surface area contributed by atoms with Gasteiger partial charge in [-0.2, -0.15) is 13.2 Å². The van der Waals surface area contributed by atoms with Crippen LogP contribution in [-0.2, 0) is 22.4 Å². The molecule has 1 aliphatic rings. The van der Waals surface area contributed by atoms with Crippen molar-refractivity contribution in [2.24, 2.45) is 0 Å². The number of nitrogens with zero attached hydrogens (tertiary/aromatic N) is 1. The quantitative estimate of drug-likeness (QED) is 0.265. The maximum Gasteiger partial charge on any atom is 0.416 e. The zero-order chi connectivity index (χ0) is 28.2. The van der Waals surface area contributed by atoms with Crippen molar-refractivity contribution in [1.82, 2.24) is 4.90 Å². The number of nitrogens with one attached hydrogen (secondary N) is 1. The molecule has 0 spiro atoms. The van der Waals surface area contributed by atoms with Crippen molar-refractivity contribution in [3.8, 4) is 11.5 Å². The van der Waals surface area contributed by atoms with Gasteiger partial charge in [-0.3, -0.25) is 19.3 Å². The number of imide groups is 1. The average molecular weight is 561 g/mol. The van der Waals surface area contributed by atoms with Crippen molar-refractivity contribution in [2.45, 2.75) is 12.8 Å². The van der Waals surface area contributed by atoms with E-state index in [0.717, 1.165) is 12.1 Å². The van der Waals surface area contributed by atoms with Gasteiger partial charge < -0.3 is 14.8 Å². The Kier molecular flexibility index (Phi) is 8.24. The maximum absolute atomic E-state index is 13.5. The van der Waals surface area contributed by atoms with E-state index >= 15 is 0 Å². The molecule has 3 aromatic rings. The normalized spacial score (nSPS) is 14.6. The number of carbonyl (C=O) groups is 3. The minimum Gasteiger partial charge on any atom is -0.495 e. The summed E-state index contributed by atoms with van der Waals surface area (Å²) >= 11 is 0.603. The lowest BCUT2D eigenvalue weighted by Gasteiger charge is -2.16. The second-order valence-corrected chi connectivity index (χ2v) is 9.18. The van der Waals surface area contributed by atoms with E-state index in [9.17, 15) is 31.9 Å². The number of methoxy groups -OCH3 is 1. The molecule has 202 valence electrons. The number of hydrogen-bond acceptors (Lipinski definition) is 6. The molecular formula is C27H20F4N2O5S. The Hall–Kier alpha value is -4.32. The monoisotopic (exact) mass is 560 g/mol. The van der Waals surface area contributed by atoms with Crippen LogP contribution in [0.2, 0.25) is 0 Å². The number of anilines is 1. The second kappa shape index (κ2) is 11.6.